The predicted octanol–water partition coefficient (Wildman–Crippen LogP) is 4.11. The SMILES string of the molecule is COc1c(Cl)cc(C(=O)N(C)Cc2ccc(N3CCOCC3)cc2)cc1Cl. The summed E-state index contributed by atoms with van der Waals surface area (Å²) in [6.45, 7) is 3.80. The van der Waals surface area contributed by atoms with Crippen LogP contribution in [0.25, 0.3) is 0 Å². The summed E-state index contributed by atoms with van der Waals surface area (Å²) in [6, 6.07) is 11.4. The highest BCUT2D eigenvalue weighted by atomic mass is 35.5. The van der Waals surface area contributed by atoms with E-state index in [4.69, 9.17) is 32.7 Å². The largest absolute Gasteiger partial charge is 0.494 e. The number of methoxy groups -OCH3 is 1. The van der Waals surface area contributed by atoms with Crippen LogP contribution in [0.3, 0.4) is 0 Å². The Hall–Kier alpha value is -1.95. The van der Waals surface area contributed by atoms with Gasteiger partial charge in [-0.25, -0.2) is 0 Å². The molecular formula is C20H22Cl2N2O3. The van der Waals surface area contributed by atoms with Gasteiger partial charge in [0.15, 0.2) is 5.75 Å². The van der Waals surface area contributed by atoms with E-state index in [-0.39, 0.29) is 5.91 Å². The number of morpholine rings is 1. The molecule has 0 aromatic heterocycles. The minimum Gasteiger partial charge on any atom is -0.494 e. The van der Waals surface area contributed by atoms with Gasteiger partial charge in [-0.15, -0.1) is 0 Å². The van der Waals surface area contributed by atoms with Gasteiger partial charge >= 0.3 is 0 Å². The van der Waals surface area contributed by atoms with Crippen LogP contribution in [0.15, 0.2) is 36.4 Å². The van der Waals surface area contributed by atoms with Crippen molar-refractivity contribution in [1.29, 1.82) is 0 Å². The molecule has 5 nitrogen and oxygen atoms in total. The minimum absolute atomic E-state index is 0.154. The molecule has 2 aromatic carbocycles. The zero-order valence-corrected chi connectivity index (χ0v) is 16.9. The molecule has 27 heavy (non-hydrogen) atoms. The van der Waals surface area contributed by atoms with E-state index in [1.165, 1.54) is 12.8 Å². The van der Waals surface area contributed by atoms with Crippen LogP contribution in [-0.4, -0.2) is 51.3 Å². The van der Waals surface area contributed by atoms with E-state index >= 15 is 0 Å². The first-order valence-electron chi connectivity index (χ1n) is 8.69. The van der Waals surface area contributed by atoms with Gasteiger partial charge in [-0.3, -0.25) is 4.79 Å². The van der Waals surface area contributed by atoms with Crippen LogP contribution in [-0.2, 0) is 11.3 Å². The summed E-state index contributed by atoms with van der Waals surface area (Å²) in [5, 5.41) is 0.633. The maximum atomic E-state index is 12.7. The number of rotatable bonds is 5. The van der Waals surface area contributed by atoms with Crippen molar-refractivity contribution in [2.45, 2.75) is 6.54 Å². The van der Waals surface area contributed by atoms with Crippen LogP contribution in [0.5, 0.6) is 5.75 Å². The fourth-order valence-corrected chi connectivity index (χ4v) is 3.72. The van der Waals surface area contributed by atoms with Gasteiger partial charge in [0.25, 0.3) is 5.91 Å². The Morgan fingerprint density at radius 3 is 2.30 bits per heavy atom. The predicted molar refractivity (Wildman–Crippen MR) is 108 cm³/mol. The Bertz CT molecular complexity index is 782. The number of benzene rings is 2. The summed E-state index contributed by atoms with van der Waals surface area (Å²) in [4.78, 5) is 16.6. The Balaban J connectivity index is 1.67. The second kappa shape index (κ2) is 8.83. The van der Waals surface area contributed by atoms with E-state index in [1.54, 1.807) is 24.1 Å². The van der Waals surface area contributed by atoms with Gasteiger partial charge in [-0.1, -0.05) is 35.3 Å². The highest BCUT2D eigenvalue weighted by Gasteiger charge is 2.17. The molecule has 1 saturated heterocycles. The van der Waals surface area contributed by atoms with Gasteiger partial charge in [0, 0.05) is 37.9 Å². The molecular weight excluding hydrogens is 387 g/mol. The van der Waals surface area contributed by atoms with E-state index in [9.17, 15) is 4.79 Å². The number of nitrogens with zero attached hydrogens (tertiary/aromatic N) is 2. The summed E-state index contributed by atoms with van der Waals surface area (Å²) in [5.41, 5.74) is 2.65. The molecule has 3 rings (SSSR count). The number of carbonyl (C=O) groups is 1. The van der Waals surface area contributed by atoms with Crippen LogP contribution < -0.4 is 9.64 Å². The van der Waals surface area contributed by atoms with Crippen LogP contribution in [0.2, 0.25) is 10.0 Å². The Labute approximate surface area is 169 Å². The zero-order valence-electron chi connectivity index (χ0n) is 15.4. The van der Waals surface area contributed by atoms with Crippen molar-refractivity contribution in [3.63, 3.8) is 0 Å². The molecule has 0 unspecified atom stereocenters. The third kappa shape index (κ3) is 4.67. The third-order valence-corrected chi connectivity index (χ3v) is 5.09. The van der Waals surface area contributed by atoms with Gasteiger partial charge in [0.1, 0.15) is 0 Å². The molecule has 0 saturated carbocycles. The van der Waals surface area contributed by atoms with Crippen molar-refractivity contribution in [3.8, 4) is 5.75 Å². The van der Waals surface area contributed by atoms with E-state index in [0.717, 1.165) is 31.9 Å². The van der Waals surface area contributed by atoms with Gasteiger partial charge in [-0.2, -0.15) is 0 Å². The maximum absolute atomic E-state index is 12.7. The molecule has 0 atom stereocenters. The van der Waals surface area contributed by atoms with Crippen molar-refractivity contribution in [2.75, 3.05) is 45.4 Å². The molecule has 0 spiro atoms. The van der Waals surface area contributed by atoms with Crippen LogP contribution >= 0.6 is 23.2 Å². The number of carbonyl (C=O) groups excluding carboxylic acids is 1. The van der Waals surface area contributed by atoms with Crippen LogP contribution in [0.4, 0.5) is 5.69 Å². The average molecular weight is 409 g/mol. The van der Waals surface area contributed by atoms with Gasteiger partial charge in [0.2, 0.25) is 0 Å². The number of anilines is 1. The lowest BCUT2D eigenvalue weighted by Gasteiger charge is -2.29. The van der Waals surface area contributed by atoms with Gasteiger partial charge in [0.05, 0.1) is 30.4 Å². The summed E-state index contributed by atoms with van der Waals surface area (Å²) in [5.74, 6) is 0.218. The number of ether oxygens (including phenoxy) is 2. The topological polar surface area (TPSA) is 42.0 Å². The lowest BCUT2D eigenvalue weighted by Crippen LogP contribution is -2.36. The standard InChI is InChI=1S/C20H22Cl2N2O3/c1-23(20(25)15-11-17(21)19(26-2)18(22)12-15)13-14-3-5-16(6-4-14)24-7-9-27-10-8-24/h3-6,11-12H,7-10,13H2,1-2H3. The summed E-state index contributed by atoms with van der Waals surface area (Å²) in [7, 11) is 3.24. The summed E-state index contributed by atoms with van der Waals surface area (Å²) >= 11 is 12.3. The first kappa shape index (κ1) is 19.8. The van der Waals surface area contributed by atoms with Crippen molar-refractivity contribution < 1.29 is 14.3 Å². The van der Waals surface area contributed by atoms with E-state index in [1.807, 2.05) is 12.1 Å². The van der Waals surface area contributed by atoms with Crippen molar-refractivity contribution >= 4 is 34.8 Å². The van der Waals surface area contributed by atoms with E-state index in [0.29, 0.717) is 27.9 Å². The van der Waals surface area contributed by atoms with Crippen molar-refractivity contribution in [3.05, 3.63) is 57.6 Å². The lowest BCUT2D eigenvalue weighted by atomic mass is 10.1. The highest BCUT2D eigenvalue weighted by molar-refractivity contribution is 6.37. The quantitative estimate of drug-likeness (QED) is 0.746. The molecule has 1 heterocycles. The molecule has 0 bridgehead atoms. The van der Waals surface area contributed by atoms with Crippen LogP contribution in [0.1, 0.15) is 15.9 Å². The molecule has 1 aliphatic heterocycles. The Morgan fingerprint density at radius 1 is 1.15 bits per heavy atom. The fourth-order valence-electron chi connectivity index (χ4n) is 3.08. The zero-order chi connectivity index (χ0) is 19.4. The van der Waals surface area contributed by atoms with E-state index < -0.39 is 0 Å². The van der Waals surface area contributed by atoms with Crippen molar-refractivity contribution in [2.24, 2.45) is 0 Å². The van der Waals surface area contributed by atoms with Crippen LogP contribution in [0, 0.1) is 0 Å². The molecule has 0 N–H and O–H groups in total. The monoisotopic (exact) mass is 408 g/mol. The second-order valence-electron chi connectivity index (χ2n) is 6.40. The first-order chi connectivity index (χ1) is 13.0. The smallest absolute Gasteiger partial charge is 0.254 e. The number of halogens is 2. The normalized spacial score (nSPS) is 14.1. The fraction of sp³-hybridized carbons (Fsp3) is 0.350. The van der Waals surface area contributed by atoms with E-state index in [2.05, 4.69) is 17.0 Å². The van der Waals surface area contributed by atoms with Gasteiger partial charge < -0.3 is 19.3 Å². The maximum Gasteiger partial charge on any atom is 0.254 e. The van der Waals surface area contributed by atoms with Crippen molar-refractivity contribution in [1.82, 2.24) is 4.90 Å². The first-order valence-corrected chi connectivity index (χ1v) is 9.45. The Morgan fingerprint density at radius 2 is 1.74 bits per heavy atom. The van der Waals surface area contributed by atoms with Gasteiger partial charge in [-0.05, 0) is 29.8 Å². The lowest BCUT2D eigenvalue weighted by molar-refractivity contribution is 0.0785. The molecule has 1 amide bonds. The minimum atomic E-state index is -0.154. The summed E-state index contributed by atoms with van der Waals surface area (Å²) < 4.78 is 10.5. The summed E-state index contributed by atoms with van der Waals surface area (Å²) in [6.07, 6.45) is 0. The number of hydrogen-bond acceptors (Lipinski definition) is 4. The molecule has 7 heteroatoms. The highest BCUT2D eigenvalue weighted by Crippen LogP contribution is 2.34. The molecule has 1 fully saturated rings. The third-order valence-electron chi connectivity index (χ3n) is 4.53. The molecule has 2 aromatic rings. The number of amides is 1. The molecule has 1 aliphatic rings. The number of hydrogen-bond donors (Lipinski definition) is 0. The molecule has 144 valence electrons. The second-order valence-corrected chi connectivity index (χ2v) is 7.21. The molecule has 0 aliphatic carbocycles. The average Bonchev–Trinajstić information content (AvgIpc) is 2.68. The molecule has 0 radical (unpaired) electrons. The Kier molecular flexibility index (Phi) is 6.47.